The van der Waals surface area contributed by atoms with Gasteiger partial charge in [-0.3, -0.25) is 0 Å². The van der Waals surface area contributed by atoms with Gasteiger partial charge in [0.15, 0.2) is 0 Å². The van der Waals surface area contributed by atoms with Crippen molar-refractivity contribution in [1.29, 1.82) is 0 Å². The summed E-state index contributed by atoms with van der Waals surface area (Å²) in [4.78, 5) is 4.65. The summed E-state index contributed by atoms with van der Waals surface area (Å²) in [6.45, 7) is 5.67. The summed E-state index contributed by atoms with van der Waals surface area (Å²) in [5.74, 6) is 2.56. The van der Waals surface area contributed by atoms with Gasteiger partial charge in [-0.15, -0.1) is 0 Å². The molecule has 2 spiro atoms. The van der Waals surface area contributed by atoms with Gasteiger partial charge in [-0.1, -0.05) is 384 Å². The number of anilines is 6. The van der Waals surface area contributed by atoms with Crippen LogP contribution in [0.3, 0.4) is 0 Å². The minimum Gasteiger partial charge on any atom is -0.457 e. The molecule has 622 valence electrons. The van der Waals surface area contributed by atoms with E-state index < -0.39 is 114 Å². The van der Waals surface area contributed by atoms with Gasteiger partial charge in [0.1, 0.15) is 23.0 Å². The molecular weight excluding hydrogens is 1610 g/mol. The van der Waals surface area contributed by atoms with Crippen LogP contribution in [-0.2, 0) is 16.2 Å². The SMILES string of the molecule is [2H]c1c([2H])c([2H])c2c(c1[2H])c1c([2H])c([2H])c([2H])c([2H])c1n2-c1ccc2c(c1)N(c1c(-c3ccccc3)cccc1-c1ccccc1)c1cc(-c3ccc(C(C)(C)C)cc3)cc3c1B2c1ccc(-n2c4c([2H])c([2H])c([2H])c([2H])c4c4c([2H])c([2H])c([2H])c([2H])c42)cc1N3c1c(-c2ccc3c(c2)Oc2ccccc2C32c3ccccc3-c3ccccc32)cccc1-c1ccc2c(c1)Oc1ccccc1C21c2ccccc2-c2ccccc21. The predicted octanol–water partition coefficient (Wildman–Crippen LogP) is 30.5. The Labute approximate surface area is 794 Å². The largest absolute Gasteiger partial charge is 0.457 e. The second-order valence-electron chi connectivity index (χ2n) is 36.3. The van der Waals surface area contributed by atoms with Crippen LogP contribution in [0.5, 0.6) is 23.0 Å². The zero-order chi connectivity index (χ0) is 102. The van der Waals surface area contributed by atoms with E-state index in [1.54, 1.807) is 9.13 Å². The second-order valence-corrected chi connectivity index (χ2v) is 36.3. The number of nitrogens with zero attached hydrogens (tertiary/aromatic N) is 4. The third-order valence-electron chi connectivity index (χ3n) is 28.7. The van der Waals surface area contributed by atoms with E-state index in [1.807, 2.05) is 97.1 Å². The molecule has 6 heterocycles. The minimum atomic E-state index is -0.894. The monoisotopic (exact) mass is 1710 g/mol. The van der Waals surface area contributed by atoms with Gasteiger partial charge in [0.25, 0.3) is 6.71 Å². The molecule has 22 aromatic rings. The molecule has 0 atom stereocenters. The van der Waals surface area contributed by atoms with Crippen molar-refractivity contribution < 1.29 is 31.4 Å². The zero-order valence-electron chi connectivity index (χ0n) is 88.2. The Balaban J connectivity index is 0.812. The molecule has 7 heteroatoms. The standard InChI is InChI=1S/C126H83BN4O2/c1-124(2,3)84-64-60-78(61-65-84)83-72-115-121-116(73-83)131(114-77-86(129-111-56-26-16-42-97(111)98-43-17-27-57-112(98)129)67-71-108(114)127(121)107-70-66-85(128-109-54-24-14-40-95(109)96-41-15-25-55-110(96)128)76-113(107)130(115)122-87(79-32-6-4-7-33-79)44-30-45-88(122)80-34-8-5-9-35-80)123-89(81-62-68-105-119(74-81)132-117-58-28-22-52-103(117)125(105)99-48-18-10-36-91(99)92-37-11-19-49-100(92)125)46-31-47-90(123)82-63-69-106-120(75-82)133-118-59-29-23-53-104(118)126(106)101-50-20-12-38-93(101)94-39-13-21-51-102(94)126/h4-77H,1-3H3/i14D,15D,16D,17D,24D,25D,26D,27D,40D,41D,42D,43D,54D,55D,56D,57D. The van der Waals surface area contributed by atoms with Crippen molar-refractivity contribution in [3.63, 3.8) is 0 Å². The van der Waals surface area contributed by atoms with E-state index >= 15 is 0 Å². The minimum absolute atomic E-state index is 0.0768. The lowest BCUT2D eigenvalue weighted by molar-refractivity contribution is 0.436. The Morgan fingerprint density at radius 2 is 0.579 bits per heavy atom. The molecule has 0 radical (unpaired) electrons. The summed E-state index contributed by atoms with van der Waals surface area (Å²) in [7, 11) is 0. The third kappa shape index (κ3) is 10.6. The molecule has 0 saturated heterocycles. The summed E-state index contributed by atoms with van der Waals surface area (Å²) >= 11 is 0. The maximum absolute atomic E-state index is 10.2. The fraction of sp³-hybridized carbons (Fsp3) is 0.0476. The van der Waals surface area contributed by atoms with Gasteiger partial charge in [0.2, 0.25) is 0 Å². The maximum Gasteiger partial charge on any atom is 0.252 e. The first-order chi connectivity index (χ1) is 72.3. The summed E-state index contributed by atoms with van der Waals surface area (Å²) in [5, 5.41) is -0.410. The van der Waals surface area contributed by atoms with Crippen LogP contribution < -0.4 is 35.7 Å². The van der Waals surface area contributed by atoms with E-state index in [9.17, 15) is 21.9 Å². The van der Waals surface area contributed by atoms with Crippen LogP contribution in [0.25, 0.3) is 133 Å². The molecule has 0 unspecified atom stereocenters. The Morgan fingerprint density at radius 1 is 0.256 bits per heavy atom. The summed E-state index contributed by atoms with van der Waals surface area (Å²) in [6, 6.07) is 114. The number of aromatic nitrogens is 2. The first-order valence-corrected chi connectivity index (χ1v) is 45.1. The van der Waals surface area contributed by atoms with Crippen LogP contribution in [0.2, 0.25) is 0 Å². The molecule has 2 aromatic heterocycles. The Kier molecular flexibility index (Phi) is 13.0. The Morgan fingerprint density at radius 3 is 0.962 bits per heavy atom. The lowest BCUT2D eigenvalue weighted by Crippen LogP contribution is -2.61. The molecule has 0 fully saturated rings. The number of rotatable bonds is 9. The highest BCUT2D eigenvalue weighted by Crippen LogP contribution is 2.66. The van der Waals surface area contributed by atoms with Crippen molar-refractivity contribution in [2.24, 2.45) is 0 Å². The van der Waals surface area contributed by atoms with E-state index in [0.29, 0.717) is 79.2 Å². The summed E-state index contributed by atoms with van der Waals surface area (Å²) < 4.78 is 174. The van der Waals surface area contributed by atoms with Crippen LogP contribution in [0, 0.1) is 0 Å². The van der Waals surface area contributed by atoms with Crippen molar-refractivity contribution in [2.75, 3.05) is 9.80 Å². The number of para-hydroxylation sites is 8. The number of hydrogen-bond donors (Lipinski definition) is 0. The molecule has 0 bridgehead atoms. The highest BCUT2D eigenvalue weighted by molar-refractivity contribution is 7.00. The molecule has 28 rings (SSSR count). The van der Waals surface area contributed by atoms with E-state index in [-0.39, 0.29) is 60.4 Å². The summed E-state index contributed by atoms with van der Waals surface area (Å²) in [6.07, 6.45) is 0. The number of fused-ring (bicyclic) bond motifs is 28. The van der Waals surface area contributed by atoms with Crippen molar-refractivity contribution in [2.45, 2.75) is 37.0 Å². The topological polar surface area (TPSA) is 34.8 Å². The molecular formula is C126H83BN4O2. The van der Waals surface area contributed by atoms with Gasteiger partial charge in [-0.2, -0.15) is 0 Å². The Bertz CT molecular complexity index is 9260. The molecule has 0 amide bonds. The average molecular weight is 1710 g/mol. The zero-order valence-corrected chi connectivity index (χ0v) is 72.2. The lowest BCUT2D eigenvalue weighted by Gasteiger charge is -2.46. The quantitative estimate of drug-likeness (QED) is 0.135. The van der Waals surface area contributed by atoms with Gasteiger partial charge >= 0.3 is 0 Å². The fourth-order valence-corrected chi connectivity index (χ4v) is 23.2. The first-order valence-electron chi connectivity index (χ1n) is 53.1. The van der Waals surface area contributed by atoms with Gasteiger partial charge < -0.3 is 28.4 Å². The third-order valence-corrected chi connectivity index (χ3v) is 28.7. The van der Waals surface area contributed by atoms with Crippen molar-refractivity contribution in [3.8, 4) is 112 Å². The molecule has 133 heavy (non-hydrogen) atoms. The van der Waals surface area contributed by atoms with Crippen LogP contribution in [0.15, 0.2) is 449 Å². The number of hydrogen-bond acceptors (Lipinski definition) is 4. The van der Waals surface area contributed by atoms with Crippen LogP contribution >= 0.6 is 0 Å². The van der Waals surface area contributed by atoms with E-state index in [1.165, 1.54) is 0 Å². The van der Waals surface area contributed by atoms with Crippen molar-refractivity contribution >= 4 is 101 Å². The predicted molar refractivity (Wildman–Crippen MR) is 550 cm³/mol. The molecule has 0 N–H and O–H groups in total. The van der Waals surface area contributed by atoms with Gasteiger partial charge in [-0.25, -0.2) is 0 Å². The summed E-state index contributed by atoms with van der Waals surface area (Å²) in [5.41, 5.74) is 25.4. The molecule has 6 aliphatic rings. The molecule has 4 aliphatic heterocycles. The lowest BCUT2D eigenvalue weighted by atomic mass is 9.33. The molecule has 0 saturated carbocycles. The Hall–Kier alpha value is -16.7. The number of benzene rings is 20. The van der Waals surface area contributed by atoms with E-state index in [0.717, 1.165) is 122 Å². The van der Waals surface area contributed by atoms with Gasteiger partial charge in [0, 0.05) is 100 Å². The van der Waals surface area contributed by atoms with Crippen molar-refractivity contribution in [3.05, 3.63) is 499 Å². The maximum atomic E-state index is 10.2. The average Bonchev–Trinajstić information content (AvgIpc) is 1.61. The van der Waals surface area contributed by atoms with Crippen LogP contribution in [0.4, 0.5) is 34.1 Å². The normalized spacial score (nSPS) is 15.6. The molecule has 20 aromatic carbocycles. The second kappa shape index (κ2) is 28.4. The highest BCUT2D eigenvalue weighted by Gasteiger charge is 2.54. The van der Waals surface area contributed by atoms with Gasteiger partial charge in [0.05, 0.1) is 66.2 Å². The van der Waals surface area contributed by atoms with E-state index in [4.69, 9.17) is 9.47 Å². The van der Waals surface area contributed by atoms with Crippen molar-refractivity contribution in [1.82, 2.24) is 9.13 Å². The van der Waals surface area contributed by atoms with Crippen LogP contribution in [-0.4, -0.2) is 15.8 Å². The van der Waals surface area contributed by atoms with E-state index in [2.05, 4.69) is 285 Å². The number of ether oxygens (including phenoxy) is 2. The smallest absolute Gasteiger partial charge is 0.252 e. The first kappa shape index (κ1) is 60.9. The fourth-order valence-electron chi connectivity index (χ4n) is 23.2. The van der Waals surface area contributed by atoms with Gasteiger partial charge in [-0.05, 0) is 190 Å². The molecule has 6 nitrogen and oxygen atoms in total. The highest BCUT2D eigenvalue weighted by atomic mass is 16.5. The molecule has 2 aliphatic carbocycles. The van der Waals surface area contributed by atoms with Crippen LogP contribution in [0.1, 0.15) is 92.8 Å².